The van der Waals surface area contributed by atoms with E-state index in [2.05, 4.69) is 10.6 Å². The number of halogens is 1. The van der Waals surface area contributed by atoms with E-state index in [1.165, 1.54) is 12.8 Å². The second kappa shape index (κ2) is 5.04. The van der Waals surface area contributed by atoms with Crippen molar-refractivity contribution in [3.8, 4) is 0 Å². The van der Waals surface area contributed by atoms with E-state index >= 15 is 0 Å². The smallest absolute Gasteiger partial charge is 0.315 e. The highest BCUT2D eigenvalue weighted by atomic mass is 19.1. The number of rotatable bonds is 3. The number of amides is 2. The van der Waals surface area contributed by atoms with Crippen molar-refractivity contribution in [3.63, 3.8) is 0 Å². The van der Waals surface area contributed by atoms with Gasteiger partial charge in [0.1, 0.15) is 6.67 Å². The van der Waals surface area contributed by atoms with E-state index in [0.29, 0.717) is 6.04 Å². The molecule has 0 aromatic carbocycles. The molecule has 1 aliphatic carbocycles. The molecule has 0 bridgehead atoms. The summed E-state index contributed by atoms with van der Waals surface area (Å²) in [4.78, 5) is 11.2. The van der Waals surface area contributed by atoms with Crippen molar-refractivity contribution in [2.45, 2.75) is 44.7 Å². The van der Waals surface area contributed by atoms with Crippen LogP contribution in [0.2, 0.25) is 0 Å². The molecule has 1 saturated carbocycles. The molecule has 13 heavy (non-hydrogen) atoms. The maximum absolute atomic E-state index is 12.0. The SMILES string of the molecule is C[C@@H](CF)NC(=O)NC1CCCC1. The van der Waals surface area contributed by atoms with Crippen molar-refractivity contribution >= 4 is 6.03 Å². The van der Waals surface area contributed by atoms with Gasteiger partial charge >= 0.3 is 6.03 Å². The topological polar surface area (TPSA) is 41.1 Å². The van der Waals surface area contributed by atoms with Crippen molar-refractivity contribution in [1.82, 2.24) is 10.6 Å². The van der Waals surface area contributed by atoms with Crippen molar-refractivity contribution in [1.29, 1.82) is 0 Å². The number of carbonyl (C=O) groups is 1. The molecule has 0 aromatic heterocycles. The molecule has 1 fully saturated rings. The van der Waals surface area contributed by atoms with Crippen LogP contribution < -0.4 is 10.6 Å². The van der Waals surface area contributed by atoms with Crippen molar-refractivity contribution in [2.75, 3.05) is 6.67 Å². The van der Waals surface area contributed by atoms with Crippen LogP contribution in [0.5, 0.6) is 0 Å². The fourth-order valence-corrected chi connectivity index (χ4v) is 1.56. The molecule has 76 valence electrons. The Morgan fingerprint density at radius 2 is 2.15 bits per heavy atom. The minimum Gasteiger partial charge on any atom is -0.335 e. The lowest BCUT2D eigenvalue weighted by Crippen LogP contribution is -2.45. The molecule has 0 heterocycles. The average molecular weight is 188 g/mol. The Labute approximate surface area is 78.1 Å². The molecule has 3 nitrogen and oxygen atoms in total. The Balaban J connectivity index is 2.16. The van der Waals surface area contributed by atoms with Crippen LogP contribution >= 0.6 is 0 Å². The minimum absolute atomic E-state index is 0.239. The van der Waals surface area contributed by atoms with Crippen LogP contribution in [-0.2, 0) is 0 Å². The molecule has 4 heteroatoms. The molecule has 0 spiro atoms. The van der Waals surface area contributed by atoms with Crippen molar-refractivity contribution < 1.29 is 9.18 Å². The fraction of sp³-hybridized carbons (Fsp3) is 0.889. The predicted molar refractivity (Wildman–Crippen MR) is 49.4 cm³/mol. The number of urea groups is 1. The van der Waals surface area contributed by atoms with E-state index in [1.807, 2.05) is 0 Å². The van der Waals surface area contributed by atoms with E-state index in [4.69, 9.17) is 0 Å². The molecule has 0 aromatic rings. The summed E-state index contributed by atoms with van der Waals surface area (Å²) in [6, 6.07) is -0.328. The summed E-state index contributed by atoms with van der Waals surface area (Å²) >= 11 is 0. The number of carbonyl (C=O) groups excluding carboxylic acids is 1. The van der Waals surface area contributed by atoms with E-state index in [1.54, 1.807) is 6.92 Å². The third-order valence-corrected chi connectivity index (χ3v) is 2.30. The molecule has 0 saturated heterocycles. The van der Waals surface area contributed by atoms with Gasteiger partial charge in [-0.2, -0.15) is 0 Å². The van der Waals surface area contributed by atoms with E-state index in [0.717, 1.165) is 12.8 Å². The lowest BCUT2D eigenvalue weighted by Gasteiger charge is -2.15. The minimum atomic E-state index is -0.516. The van der Waals surface area contributed by atoms with Gasteiger partial charge in [-0.3, -0.25) is 0 Å². The third-order valence-electron chi connectivity index (χ3n) is 2.30. The zero-order valence-electron chi connectivity index (χ0n) is 7.98. The first-order valence-electron chi connectivity index (χ1n) is 4.85. The summed E-state index contributed by atoms with van der Waals surface area (Å²) in [6.07, 6.45) is 4.47. The van der Waals surface area contributed by atoms with Crippen LogP contribution in [0, 0.1) is 0 Å². The molecule has 1 atom stereocenters. The summed E-state index contributed by atoms with van der Waals surface area (Å²) < 4.78 is 12.0. The van der Waals surface area contributed by atoms with Gasteiger partial charge in [-0.15, -0.1) is 0 Å². The Morgan fingerprint density at radius 3 is 2.69 bits per heavy atom. The molecule has 1 aliphatic rings. The van der Waals surface area contributed by atoms with Gasteiger partial charge in [0, 0.05) is 6.04 Å². The highest BCUT2D eigenvalue weighted by Crippen LogP contribution is 2.17. The van der Waals surface area contributed by atoms with Crippen LogP contribution in [0.25, 0.3) is 0 Å². The van der Waals surface area contributed by atoms with Crippen molar-refractivity contribution in [3.05, 3.63) is 0 Å². The maximum atomic E-state index is 12.0. The van der Waals surface area contributed by atoms with Gasteiger partial charge in [0.15, 0.2) is 0 Å². The second-order valence-corrected chi connectivity index (χ2v) is 3.65. The van der Waals surface area contributed by atoms with Crippen molar-refractivity contribution in [2.24, 2.45) is 0 Å². The van der Waals surface area contributed by atoms with Crippen LogP contribution in [0.3, 0.4) is 0 Å². The molecule has 0 radical (unpaired) electrons. The second-order valence-electron chi connectivity index (χ2n) is 3.65. The summed E-state index contributed by atoms with van der Waals surface area (Å²) in [6.45, 7) is 1.13. The average Bonchev–Trinajstić information content (AvgIpc) is 2.56. The first kappa shape index (κ1) is 10.3. The normalized spacial score (nSPS) is 19.8. The standard InChI is InChI=1S/C9H17FN2O/c1-7(6-10)11-9(13)12-8-4-2-3-5-8/h7-8H,2-6H2,1H3,(H2,11,12,13)/t7-/m0/s1. The molecular formula is C9H17FN2O. The Kier molecular flexibility index (Phi) is 3.99. The number of hydrogen-bond donors (Lipinski definition) is 2. The number of nitrogens with one attached hydrogen (secondary N) is 2. The third kappa shape index (κ3) is 3.61. The first-order valence-corrected chi connectivity index (χ1v) is 4.85. The molecule has 0 aliphatic heterocycles. The van der Waals surface area contributed by atoms with Crippen LogP contribution in [0.4, 0.5) is 9.18 Å². The van der Waals surface area contributed by atoms with Gasteiger partial charge < -0.3 is 10.6 Å². The van der Waals surface area contributed by atoms with Crippen LogP contribution in [-0.4, -0.2) is 24.8 Å². The molecular weight excluding hydrogens is 171 g/mol. The van der Waals surface area contributed by atoms with E-state index in [9.17, 15) is 9.18 Å². The van der Waals surface area contributed by atoms with Gasteiger partial charge in [0.05, 0.1) is 6.04 Å². The Morgan fingerprint density at radius 1 is 1.54 bits per heavy atom. The quantitative estimate of drug-likeness (QED) is 0.693. The lowest BCUT2D eigenvalue weighted by atomic mass is 10.2. The molecule has 2 amide bonds. The molecule has 1 rings (SSSR count). The fourth-order valence-electron chi connectivity index (χ4n) is 1.56. The Hall–Kier alpha value is -0.800. The number of hydrogen-bond acceptors (Lipinski definition) is 1. The predicted octanol–water partition coefficient (Wildman–Crippen LogP) is 1.59. The van der Waals surface area contributed by atoms with Gasteiger partial charge in [0.2, 0.25) is 0 Å². The highest BCUT2D eigenvalue weighted by Gasteiger charge is 2.17. The van der Waals surface area contributed by atoms with E-state index < -0.39 is 6.67 Å². The van der Waals surface area contributed by atoms with Gasteiger partial charge in [-0.1, -0.05) is 12.8 Å². The van der Waals surface area contributed by atoms with Gasteiger partial charge in [-0.05, 0) is 19.8 Å². The van der Waals surface area contributed by atoms with Crippen LogP contribution in [0.15, 0.2) is 0 Å². The zero-order chi connectivity index (χ0) is 9.68. The zero-order valence-corrected chi connectivity index (χ0v) is 7.98. The summed E-state index contributed by atoms with van der Waals surface area (Å²) in [5.74, 6) is 0. The maximum Gasteiger partial charge on any atom is 0.315 e. The Bertz CT molecular complexity index is 169. The number of alkyl halides is 1. The highest BCUT2D eigenvalue weighted by molar-refractivity contribution is 5.74. The summed E-state index contributed by atoms with van der Waals surface area (Å²) in [5, 5.41) is 5.36. The molecule has 2 N–H and O–H groups in total. The van der Waals surface area contributed by atoms with E-state index in [-0.39, 0.29) is 12.1 Å². The summed E-state index contributed by atoms with van der Waals surface area (Å²) in [5.41, 5.74) is 0. The van der Waals surface area contributed by atoms with Crippen LogP contribution in [0.1, 0.15) is 32.6 Å². The monoisotopic (exact) mass is 188 g/mol. The van der Waals surface area contributed by atoms with Gasteiger partial charge in [0.25, 0.3) is 0 Å². The molecule has 0 unspecified atom stereocenters. The summed E-state index contributed by atoms with van der Waals surface area (Å²) in [7, 11) is 0. The largest absolute Gasteiger partial charge is 0.335 e. The lowest BCUT2D eigenvalue weighted by molar-refractivity contribution is 0.231. The first-order chi connectivity index (χ1) is 6.22. The van der Waals surface area contributed by atoms with Gasteiger partial charge in [-0.25, -0.2) is 9.18 Å².